The average Bonchev–Trinajstić information content (AvgIpc) is 2.98. The number of ether oxygens (including phenoxy) is 1. The molecule has 23 heavy (non-hydrogen) atoms. The molecule has 5 nitrogen and oxygen atoms in total. The summed E-state index contributed by atoms with van der Waals surface area (Å²) in [6, 6.07) is 9.66. The van der Waals surface area contributed by atoms with Crippen LogP contribution < -0.4 is 10.6 Å². The van der Waals surface area contributed by atoms with E-state index < -0.39 is 0 Å². The van der Waals surface area contributed by atoms with Crippen molar-refractivity contribution in [3.8, 4) is 6.19 Å². The van der Waals surface area contributed by atoms with Crippen molar-refractivity contribution in [2.45, 2.75) is 19.4 Å². The summed E-state index contributed by atoms with van der Waals surface area (Å²) in [6.07, 6.45) is 2.68. The summed E-state index contributed by atoms with van der Waals surface area (Å²) in [6.45, 7) is 1.98. The first-order chi connectivity index (χ1) is 11.2. The largest absolute Gasteiger partial charge is 0.467 e. The Labute approximate surface area is 143 Å². The molecule has 1 unspecified atom stereocenters. The lowest BCUT2D eigenvalue weighted by Crippen LogP contribution is -2.17. The molecule has 0 amide bonds. The lowest BCUT2D eigenvalue weighted by atomic mass is 10.1. The van der Waals surface area contributed by atoms with Crippen molar-refractivity contribution in [1.29, 1.82) is 5.26 Å². The molecule has 0 aliphatic carbocycles. The van der Waals surface area contributed by atoms with Gasteiger partial charge < -0.3 is 10.1 Å². The highest BCUT2D eigenvalue weighted by atomic mass is 32.1. The Bertz CT molecular complexity index is 793. The molecule has 0 radical (unpaired) electrons. The van der Waals surface area contributed by atoms with Crippen LogP contribution in [0.15, 0.2) is 40.7 Å². The van der Waals surface area contributed by atoms with E-state index in [9.17, 15) is 0 Å². The van der Waals surface area contributed by atoms with Gasteiger partial charge in [-0.05, 0) is 54.4 Å². The van der Waals surface area contributed by atoms with Gasteiger partial charge in [0, 0.05) is 12.1 Å². The molecule has 1 aromatic carbocycles. The van der Waals surface area contributed by atoms with Gasteiger partial charge >= 0.3 is 0 Å². The highest BCUT2D eigenvalue weighted by Gasteiger charge is 2.17. The molecule has 0 saturated carbocycles. The summed E-state index contributed by atoms with van der Waals surface area (Å²) >= 11 is 6.66. The second-order valence-electron chi connectivity index (χ2n) is 5.06. The van der Waals surface area contributed by atoms with Crippen LogP contribution in [-0.4, -0.2) is 17.1 Å². The fourth-order valence-electron chi connectivity index (χ4n) is 2.35. The van der Waals surface area contributed by atoms with Gasteiger partial charge in [0.1, 0.15) is 6.10 Å². The molecule has 116 valence electrons. The molecule has 2 aromatic rings. The summed E-state index contributed by atoms with van der Waals surface area (Å²) in [5, 5.41) is 17.0. The molecule has 0 bridgehead atoms. The number of hydrogen-bond donors (Lipinski definition) is 2. The van der Waals surface area contributed by atoms with E-state index in [1.54, 1.807) is 0 Å². The van der Waals surface area contributed by atoms with Gasteiger partial charge in [-0.3, -0.25) is 5.32 Å². The van der Waals surface area contributed by atoms with Gasteiger partial charge in [-0.1, -0.05) is 6.07 Å². The van der Waals surface area contributed by atoms with Crippen LogP contribution in [0.5, 0.6) is 0 Å². The molecule has 1 atom stereocenters. The van der Waals surface area contributed by atoms with Gasteiger partial charge in [-0.25, -0.2) is 4.99 Å². The predicted molar refractivity (Wildman–Crippen MR) is 96.2 cm³/mol. The number of nitriles is 1. The fourth-order valence-corrected chi connectivity index (χ4v) is 3.30. The third-order valence-electron chi connectivity index (χ3n) is 3.31. The number of fused-ring (bicyclic) bond motifs is 1. The van der Waals surface area contributed by atoms with Crippen molar-refractivity contribution in [3.05, 3.63) is 46.2 Å². The van der Waals surface area contributed by atoms with Crippen LogP contribution in [0.2, 0.25) is 0 Å². The molecule has 1 aliphatic heterocycles. The summed E-state index contributed by atoms with van der Waals surface area (Å²) in [5.74, 6) is 0.545. The second-order valence-corrected chi connectivity index (χ2v) is 6.38. The molecule has 2 heterocycles. The van der Waals surface area contributed by atoms with Gasteiger partial charge in [0.15, 0.2) is 12.0 Å². The highest BCUT2D eigenvalue weighted by Crippen LogP contribution is 2.27. The van der Waals surface area contributed by atoms with E-state index in [2.05, 4.69) is 15.6 Å². The Morgan fingerprint density at radius 3 is 3.13 bits per heavy atom. The highest BCUT2D eigenvalue weighted by molar-refractivity contribution is 7.80. The Balaban J connectivity index is 1.96. The first-order valence-electron chi connectivity index (χ1n) is 7.04. The van der Waals surface area contributed by atoms with Crippen LogP contribution >= 0.6 is 23.6 Å². The summed E-state index contributed by atoms with van der Waals surface area (Å²) < 4.78 is 5.54. The predicted octanol–water partition coefficient (Wildman–Crippen LogP) is 3.56. The zero-order valence-electron chi connectivity index (χ0n) is 12.4. The average molecular weight is 342 g/mol. The zero-order chi connectivity index (χ0) is 16.2. The molecule has 0 saturated heterocycles. The lowest BCUT2D eigenvalue weighted by Gasteiger charge is -2.09. The van der Waals surface area contributed by atoms with Gasteiger partial charge in [0.05, 0.1) is 10.6 Å². The maximum absolute atomic E-state index is 8.93. The van der Waals surface area contributed by atoms with Crippen molar-refractivity contribution >= 4 is 45.9 Å². The van der Waals surface area contributed by atoms with Crippen LogP contribution in [-0.2, 0) is 11.2 Å². The van der Waals surface area contributed by atoms with Gasteiger partial charge in [-0.2, -0.15) is 5.26 Å². The van der Waals surface area contributed by atoms with Crippen LogP contribution in [0, 0.1) is 11.5 Å². The summed E-state index contributed by atoms with van der Waals surface area (Å²) in [5.41, 5.74) is 2.79. The normalized spacial score (nSPS) is 17.3. The summed E-state index contributed by atoms with van der Waals surface area (Å²) in [4.78, 5) is 5.48. The van der Waals surface area contributed by atoms with Crippen LogP contribution in [0.25, 0.3) is 0 Å². The minimum absolute atomic E-state index is 0.00415. The maximum Gasteiger partial charge on any atom is 0.261 e. The van der Waals surface area contributed by atoms with Crippen molar-refractivity contribution in [2.75, 3.05) is 5.32 Å². The quantitative estimate of drug-likeness (QED) is 0.287. The fraction of sp³-hybridized carbons (Fsp3) is 0.188. The third-order valence-corrected chi connectivity index (χ3v) is 4.39. The second kappa shape index (κ2) is 6.77. The first-order valence-corrected chi connectivity index (χ1v) is 8.33. The van der Waals surface area contributed by atoms with Crippen LogP contribution in [0.3, 0.4) is 0 Å². The molecule has 3 rings (SSSR count). The maximum atomic E-state index is 8.93. The van der Waals surface area contributed by atoms with Crippen LogP contribution in [0.4, 0.5) is 11.4 Å². The third kappa shape index (κ3) is 3.67. The zero-order valence-corrected chi connectivity index (χ0v) is 14.0. The minimum atomic E-state index is 0.00415. The molecule has 0 fully saturated rings. The van der Waals surface area contributed by atoms with E-state index in [0.717, 1.165) is 28.2 Å². The SMILES string of the molecule is CC1Cc2cc(N=C(NC#N)c3cccs3)ccc2NC(=S)O1. The molecule has 2 N–H and O–H groups in total. The number of hydrogen-bond acceptors (Lipinski definition) is 5. The van der Waals surface area contributed by atoms with E-state index >= 15 is 0 Å². The van der Waals surface area contributed by atoms with E-state index in [1.165, 1.54) is 11.3 Å². The van der Waals surface area contributed by atoms with Crippen molar-refractivity contribution in [2.24, 2.45) is 4.99 Å². The van der Waals surface area contributed by atoms with E-state index in [-0.39, 0.29) is 6.10 Å². The number of thiophene rings is 1. The van der Waals surface area contributed by atoms with E-state index in [4.69, 9.17) is 22.2 Å². The van der Waals surface area contributed by atoms with Crippen LogP contribution in [0.1, 0.15) is 17.4 Å². The molecule has 1 aromatic heterocycles. The Morgan fingerprint density at radius 2 is 2.39 bits per heavy atom. The number of benzene rings is 1. The molecule has 1 aliphatic rings. The number of amidine groups is 1. The number of thiocarbonyl (C=S) groups is 1. The molecule has 0 spiro atoms. The summed E-state index contributed by atoms with van der Waals surface area (Å²) in [7, 11) is 0. The topological polar surface area (TPSA) is 69.4 Å². The monoisotopic (exact) mass is 342 g/mol. The molecular weight excluding hydrogens is 328 g/mol. The molecular formula is C16H14N4OS2. The molecule has 7 heteroatoms. The number of nitrogens with one attached hydrogen (secondary N) is 2. The smallest absolute Gasteiger partial charge is 0.261 e. The minimum Gasteiger partial charge on any atom is -0.467 e. The Hall–Kier alpha value is -2.43. The van der Waals surface area contributed by atoms with E-state index in [0.29, 0.717) is 11.0 Å². The number of anilines is 1. The first kappa shape index (κ1) is 15.5. The lowest BCUT2D eigenvalue weighted by molar-refractivity contribution is 0.217. The van der Waals surface area contributed by atoms with Crippen molar-refractivity contribution in [1.82, 2.24) is 5.32 Å². The number of aliphatic imine (C=N–C) groups is 1. The van der Waals surface area contributed by atoms with Crippen molar-refractivity contribution < 1.29 is 4.74 Å². The standard InChI is InChI=1S/C16H14N4OS2/c1-10-7-11-8-12(4-5-13(11)20-16(22)21-10)19-15(18-9-17)14-3-2-6-23-14/h2-6,8,10H,7H2,1H3,(H,18,19)(H,20,22). The number of nitrogens with zero attached hydrogens (tertiary/aromatic N) is 2. The van der Waals surface area contributed by atoms with Gasteiger partial charge in [0.25, 0.3) is 5.17 Å². The van der Waals surface area contributed by atoms with Gasteiger partial charge in [-0.15, -0.1) is 11.3 Å². The Kier molecular flexibility index (Phi) is 4.55. The van der Waals surface area contributed by atoms with Crippen molar-refractivity contribution in [3.63, 3.8) is 0 Å². The number of rotatable bonds is 2. The van der Waals surface area contributed by atoms with Gasteiger partial charge in [0.2, 0.25) is 0 Å². The Morgan fingerprint density at radius 1 is 1.52 bits per heavy atom. The van der Waals surface area contributed by atoms with E-state index in [1.807, 2.05) is 48.8 Å².